The smallest absolute Gasteiger partial charge is 0.162 e. The standard InChI is InChI=1S/C21H17BrCl2FNO2/c1-27-20-8-14(11-26-17-6-3-15(23)4-7-17)18(22)10-21(20)28-12-13-2-5-16(25)9-19(13)24/h2-10,26H,11-12H2,1H3. The van der Waals surface area contributed by atoms with Crippen LogP contribution in [-0.4, -0.2) is 7.11 Å². The fourth-order valence-electron chi connectivity index (χ4n) is 2.54. The molecule has 3 rings (SSSR count). The summed E-state index contributed by atoms with van der Waals surface area (Å²) in [7, 11) is 1.58. The van der Waals surface area contributed by atoms with Crippen LogP contribution in [0.15, 0.2) is 59.1 Å². The van der Waals surface area contributed by atoms with Gasteiger partial charge in [-0.05, 0) is 54.1 Å². The number of ether oxygens (including phenoxy) is 2. The van der Waals surface area contributed by atoms with Crippen LogP contribution in [0.4, 0.5) is 10.1 Å². The van der Waals surface area contributed by atoms with E-state index in [0.717, 1.165) is 15.7 Å². The fourth-order valence-corrected chi connectivity index (χ4v) is 3.35. The second-order valence-electron chi connectivity index (χ2n) is 5.98. The number of hydrogen-bond acceptors (Lipinski definition) is 3. The Bertz CT molecular complexity index is 967. The van der Waals surface area contributed by atoms with Gasteiger partial charge in [-0.3, -0.25) is 0 Å². The van der Waals surface area contributed by atoms with Crippen molar-refractivity contribution in [3.05, 3.63) is 86.1 Å². The highest BCUT2D eigenvalue weighted by Crippen LogP contribution is 2.35. The van der Waals surface area contributed by atoms with Crippen molar-refractivity contribution in [1.82, 2.24) is 0 Å². The molecule has 0 aliphatic heterocycles. The van der Waals surface area contributed by atoms with Crippen LogP contribution in [-0.2, 0) is 13.2 Å². The predicted molar refractivity (Wildman–Crippen MR) is 115 cm³/mol. The number of anilines is 1. The largest absolute Gasteiger partial charge is 0.493 e. The second kappa shape index (κ2) is 9.50. The summed E-state index contributed by atoms with van der Waals surface area (Å²) in [5, 5.41) is 4.34. The van der Waals surface area contributed by atoms with Gasteiger partial charge in [0.05, 0.1) is 12.1 Å². The van der Waals surface area contributed by atoms with Gasteiger partial charge < -0.3 is 14.8 Å². The summed E-state index contributed by atoms with van der Waals surface area (Å²) >= 11 is 15.5. The Balaban J connectivity index is 1.72. The first kappa shape index (κ1) is 20.8. The molecule has 0 radical (unpaired) electrons. The van der Waals surface area contributed by atoms with Gasteiger partial charge in [0, 0.05) is 27.3 Å². The molecule has 0 spiro atoms. The van der Waals surface area contributed by atoms with E-state index in [9.17, 15) is 4.39 Å². The first-order valence-electron chi connectivity index (χ1n) is 8.39. The SMILES string of the molecule is COc1cc(CNc2ccc(Cl)cc2)c(Br)cc1OCc1ccc(F)cc1Cl. The van der Waals surface area contributed by atoms with Gasteiger partial charge in [-0.2, -0.15) is 0 Å². The topological polar surface area (TPSA) is 30.5 Å². The Labute approximate surface area is 181 Å². The molecule has 0 aromatic heterocycles. The highest BCUT2D eigenvalue weighted by molar-refractivity contribution is 9.10. The number of rotatable bonds is 7. The zero-order valence-corrected chi connectivity index (χ0v) is 18.0. The summed E-state index contributed by atoms with van der Waals surface area (Å²) in [6.45, 7) is 0.785. The molecule has 146 valence electrons. The van der Waals surface area contributed by atoms with Crippen LogP contribution in [0.1, 0.15) is 11.1 Å². The van der Waals surface area contributed by atoms with Crippen molar-refractivity contribution >= 4 is 44.8 Å². The van der Waals surface area contributed by atoms with E-state index in [1.807, 2.05) is 36.4 Å². The number of hydrogen-bond donors (Lipinski definition) is 1. The molecule has 0 heterocycles. The Kier molecular flexibility index (Phi) is 7.05. The molecule has 7 heteroatoms. The zero-order chi connectivity index (χ0) is 20.1. The van der Waals surface area contributed by atoms with Crippen LogP contribution in [0.2, 0.25) is 10.0 Å². The molecule has 3 nitrogen and oxygen atoms in total. The Morgan fingerprint density at radius 1 is 0.964 bits per heavy atom. The molecule has 1 N–H and O–H groups in total. The Morgan fingerprint density at radius 3 is 2.39 bits per heavy atom. The first-order chi connectivity index (χ1) is 13.5. The van der Waals surface area contributed by atoms with Gasteiger partial charge in [0.25, 0.3) is 0 Å². The quantitative estimate of drug-likeness (QED) is 0.388. The van der Waals surface area contributed by atoms with Gasteiger partial charge >= 0.3 is 0 Å². The van der Waals surface area contributed by atoms with Crippen molar-refractivity contribution in [3.8, 4) is 11.5 Å². The van der Waals surface area contributed by atoms with E-state index >= 15 is 0 Å². The molecule has 0 atom stereocenters. The van der Waals surface area contributed by atoms with Crippen molar-refractivity contribution in [1.29, 1.82) is 0 Å². The molecule has 0 aliphatic rings. The summed E-state index contributed by atoms with van der Waals surface area (Å²) in [5.74, 6) is 0.769. The molecule has 28 heavy (non-hydrogen) atoms. The van der Waals surface area contributed by atoms with Crippen molar-refractivity contribution in [3.63, 3.8) is 0 Å². The van der Waals surface area contributed by atoms with E-state index in [2.05, 4.69) is 21.2 Å². The maximum absolute atomic E-state index is 13.2. The van der Waals surface area contributed by atoms with Crippen LogP contribution in [0, 0.1) is 5.82 Å². The molecule has 0 unspecified atom stereocenters. The second-order valence-corrected chi connectivity index (χ2v) is 7.68. The summed E-state index contributed by atoms with van der Waals surface area (Å²) in [5.41, 5.74) is 2.65. The highest BCUT2D eigenvalue weighted by atomic mass is 79.9. The van der Waals surface area contributed by atoms with Crippen molar-refractivity contribution in [2.24, 2.45) is 0 Å². The molecular weight excluding hydrogens is 468 g/mol. The lowest BCUT2D eigenvalue weighted by Crippen LogP contribution is -2.03. The van der Waals surface area contributed by atoms with E-state index < -0.39 is 0 Å². The van der Waals surface area contributed by atoms with E-state index in [1.165, 1.54) is 12.1 Å². The lowest BCUT2D eigenvalue weighted by molar-refractivity contribution is 0.284. The normalized spacial score (nSPS) is 10.6. The highest BCUT2D eigenvalue weighted by Gasteiger charge is 2.12. The van der Waals surface area contributed by atoms with Crippen LogP contribution in [0.25, 0.3) is 0 Å². The number of halogens is 4. The monoisotopic (exact) mass is 483 g/mol. The van der Waals surface area contributed by atoms with E-state index in [1.54, 1.807) is 13.2 Å². The van der Waals surface area contributed by atoms with Crippen LogP contribution in [0.5, 0.6) is 11.5 Å². The average Bonchev–Trinajstić information content (AvgIpc) is 2.68. The first-order valence-corrected chi connectivity index (χ1v) is 9.93. The molecule has 0 saturated carbocycles. The molecule has 0 fully saturated rings. The molecule has 0 amide bonds. The third-order valence-corrected chi connectivity index (χ3v) is 5.40. The lowest BCUT2D eigenvalue weighted by Gasteiger charge is -2.15. The molecule has 0 aliphatic carbocycles. The number of benzene rings is 3. The summed E-state index contributed by atoms with van der Waals surface area (Å²) in [4.78, 5) is 0. The minimum atomic E-state index is -0.383. The predicted octanol–water partition coefficient (Wildman–Crippen LogP) is 7.09. The number of nitrogens with one attached hydrogen (secondary N) is 1. The summed E-state index contributed by atoms with van der Waals surface area (Å²) < 4.78 is 25.4. The van der Waals surface area contributed by atoms with Gasteiger partial charge in [-0.25, -0.2) is 4.39 Å². The molecule has 3 aromatic rings. The van der Waals surface area contributed by atoms with Gasteiger partial charge in [0.15, 0.2) is 11.5 Å². The van der Waals surface area contributed by atoms with E-state index in [-0.39, 0.29) is 12.4 Å². The van der Waals surface area contributed by atoms with Crippen LogP contribution >= 0.6 is 39.1 Å². The Hall–Kier alpha value is -1.95. The van der Waals surface area contributed by atoms with Crippen LogP contribution in [0.3, 0.4) is 0 Å². The minimum Gasteiger partial charge on any atom is -0.493 e. The molecule has 3 aromatic carbocycles. The van der Waals surface area contributed by atoms with Gasteiger partial charge in [0.1, 0.15) is 12.4 Å². The van der Waals surface area contributed by atoms with Crippen molar-refractivity contribution in [2.45, 2.75) is 13.2 Å². The summed E-state index contributed by atoms with van der Waals surface area (Å²) in [6, 6.07) is 15.4. The van der Waals surface area contributed by atoms with Gasteiger partial charge in [-0.1, -0.05) is 45.2 Å². The van der Waals surface area contributed by atoms with Gasteiger partial charge in [-0.15, -0.1) is 0 Å². The Morgan fingerprint density at radius 2 is 1.71 bits per heavy atom. The van der Waals surface area contributed by atoms with Crippen LogP contribution < -0.4 is 14.8 Å². The maximum Gasteiger partial charge on any atom is 0.162 e. The van der Waals surface area contributed by atoms with Gasteiger partial charge in [0.2, 0.25) is 0 Å². The fraction of sp³-hybridized carbons (Fsp3) is 0.143. The molecular formula is C21H17BrCl2FNO2. The van der Waals surface area contributed by atoms with E-state index in [4.69, 9.17) is 32.7 Å². The van der Waals surface area contributed by atoms with Crippen molar-refractivity contribution in [2.75, 3.05) is 12.4 Å². The molecule has 0 saturated heterocycles. The maximum atomic E-state index is 13.2. The van der Waals surface area contributed by atoms with Crippen molar-refractivity contribution < 1.29 is 13.9 Å². The molecule has 0 bridgehead atoms. The average molecular weight is 485 g/mol. The minimum absolute atomic E-state index is 0.199. The third kappa shape index (κ3) is 5.31. The third-order valence-electron chi connectivity index (χ3n) is 4.06. The summed E-state index contributed by atoms with van der Waals surface area (Å²) in [6.07, 6.45) is 0. The lowest BCUT2D eigenvalue weighted by atomic mass is 10.2. The van der Waals surface area contributed by atoms with E-state index in [0.29, 0.717) is 33.7 Å². The number of methoxy groups -OCH3 is 1. The zero-order valence-electron chi connectivity index (χ0n) is 14.9.